The van der Waals surface area contributed by atoms with Gasteiger partial charge in [-0.15, -0.1) is 0 Å². The molecule has 0 aliphatic heterocycles. The Morgan fingerprint density at radius 3 is 2.70 bits per heavy atom. The quantitative estimate of drug-likeness (QED) is 0.864. The van der Waals surface area contributed by atoms with Gasteiger partial charge in [0.05, 0.1) is 12.6 Å². The van der Waals surface area contributed by atoms with Gasteiger partial charge >= 0.3 is 6.01 Å². The average Bonchev–Trinajstić information content (AvgIpc) is 2.68. The van der Waals surface area contributed by atoms with Gasteiger partial charge < -0.3 is 20.2 Å². The van der Waals surface area contributed by atoms with Crippen LogP contribution < -0.4 is 15.8 Å². The lowest BCUT2D eigenvalue weighted by Crippen LogP contribution is -2.12. The summed E-state index contributed by atoms with van der Waals surface area (Å²) in [6.07, 6.45) is 0. The molecule has 108 valence electrons. The largest absolute Gasteiger partial charge is 0.466 e. The monoisotopic (exact) mass is 277 g/mol. The minimum Gasteiger partial charge on any atom is -0.466 e. The van der Waals surface area contributed by atoms with Crippen molar-refractivity contribution in [3.8, 4) is 6.01 Å². The van der Waals surface area contributed by atoms with E-state index in [2.05, 4.69) is 20.3 Å². The Balaban J connectivity index is 2.18. The van der Waals surface area contributed by atoms with Crippen molar-refractivity contribution in [1.29, 1.82) is 0 Å². The van der Waals surface area contributed by atoms with Gasteiger partial charge in [0.2, 0.25) is 11.9 Å². The zero-order valence-corrected chi connectivity index (χ0v) is 12.1. The number of anilines is 2. The number of nitrogens with zero attached hydrogens (tertiary/aromatic N) is 3. The van der Waals surface area contributed by atoms with Crippen LogP contribution in [0.3, 0.4) is 0 Å². The van der Waals surface area contributed by atoms with Crippen molar-refractivity contribution >= 4 is 11.9 Å². The first kappa shape index (κ1) is 14.1. The molecule has 1 atom stereocenters. The fraction of sp³-hybridized carbons (Fsp3) is 0.462. The Bertz CT molecular complexity index is 596. The van der Waals surface area contributed by atoms with Crippen LogP contribution >= 0.6 is 0 Å². The number of nitrogens with one attached hydrogen (secondary N) is 1. The summed E-state index contributed by atoms with van der Waals surface area (Å²) in [7, 11) is 0. The predicted octanol–water partition coefficient (Wildman–Crippen LogP) is 2.24. The zero-order valence-electron chi connectivity index (χ0n) is 12.1. The van der Waals surface area contributed by atoms with Gasteiger partial charge in [-0.2, -0.15) is 15.0 Å². The van der Waals surface area contributed by atoms with Crippen molar-refractivity contribution in [2.45, 2.75) is 33.7 Å². The molecule has 2 rings (SSSR count). The van der Waals surface area contributed by atoms with Crippen molar-refractivity contribution < 1.29 is 9.15 Å². The molecule has 0 radical (unpaired) electrons. The molecule has 7 nitrogen and oxygen atoms in total. The third-order valence-corrected chi connectivity index (χ3v) is 2.80. The number of furan rings is 1. The molecule has 0 amide bonds. The highest BCUT2D eigenvalue weighted by Crippen LogP contribution is 2.24. The summed E-state index contributed by atoms with van der Waals surface area (Å²) < 4.78 is 10.8. The summed E-state index contributed by atoms with van der Waals surface area (Å²) in [6.45, 7) is 8.16. The Labute approximate surface area is 117 Å². The minimum absolute atomic E-state index is 0.0104. The zero-order chi connectivity index (χ0) is 14.7. The van der Waals surface area contributed by atoms with Gasteiger partial charge in [-0.3, -0.25) is 0 Å². The lowest BCUT2D eigenvalue weighted by atomic mass is 10.1. The Morgan fingerprint density at radius 2 is 2.10 bits per heavy atom. The van der Waals surface area contributed by atoms with Gasteiger partial charge in [-0.05, 0) is 33.8 Å². The fourth-order valence-electron chi connectivity index (χ4n) is 1.98. The second kappa shape index (κ2) is 5.77. The molecule has 0 saturated heterocycles. The van der Waals surface area contributed by atoms with E-state index in [1.165, 1.54) is 0 Å². The second-order valence-corrected chi connectivity index (χ2v) is 4.47. The summed E-state index contributed by atoms with van der Waals surface area (Å²) in [5.74, 6) is 2.25. The van der Waals surface area contributed by atoms with Crippen LogP contribution in [0.2, 0.25) is 0 Å². The van der Waals surface area contributed by atoms with Crippen LogP contribution in [-0.4, -0.2) is 21.6 Å². The molecule has 7 heteroatoms. The fourth-order valence-corrected chi connectivity index (χ4v) is 1.98. The van der Waals surface area contributed by atoms with E-state index >= 15 is 0 Å². The Kier molecular flexibility index (Phi) is 4.07. The molecule has 3 N–H and O–H groups in total. The molecule has 0 aromatic carbocycles. The molecule has 0 spiro atoms. The second-order valence-electron chi connectivity index (χ2n) is 4.47. The number of nitrogen functional groups attached to an aromatic ring is 1. The highest BCUT2D eigenvalue weighted by molar-refractivity contribution is 5.37. The first-order chi connectivity index (χ1) is 9.49. The SMILES string of the molecule is CCOc1nc(N)nc(NC(C)c2cc(C)oc2C)n1. The van der Waals surface area contributed by atoms with Crippen LogP contribution in [0.25, 0.3) is 0 Å². The standard InChI is InChI=1S/C13H19N5O2/c1-5-19-13-17-11(14)16-12(18-13)15-8(3)10-6-7(2)20-9(10)4/h6,8H,5H2,1-4H3,(H3,14,15,16,17,18). The minimum atomic E-state index is -0.0104. The lowest BCUT2D eigenvalue weighted by molar-refractivity contribution is 0.312. The Hall–Kier alpha value is -2.31. The van der Waals surface area contributed by atoms with Crippen LogP contribution in [-0.2, 0) is 0 Å². The third kappa shape index (κ3) is 3.17. The van der Waals surface area contributed by atoms with E-state index in [4.69, 9.17) is 14.9 Å². The average molecular weight is 277 g/mol. The maximum Gasteiger partial charge on any atom is 0.323 e. The molecule has 20 heavy (non-hydrogen) atoms. The van der Waals surface area contributed by atoms with E-state index in [9.17, 15) is 0 Å². The van der Waals surface area contributed by atoms with Gasteiger partial charge in [0.1, 0.15) is 11.5 Å². The maximum atomic E-state index is 5.64. The summed E-state index contributed by atoms with van der Waals surface area (Å²) in [6, 6.07) is 2.19. The number of hydrogen-bond acceptors (Lipinski definition) is 7. The number of ether oxygens (including phenoxy) is 1. The van der Waals surface area contributed by atoms with Gasteiger partial charge in [-0.1, -0.05) is 0 Å². The smallest absolute Gasteiger partial charge is 0.323 e. The number of rotatable bonds is 5. The number of aromatic nitrogens is 3. The van der Waals surface area contributed by atoms with Crippen LogP contribution in [0.4, 0.5) is 11.9 Å². The summed E-state index contributed by atoms with van der Waals surface area (Å²) in [4.78, 5) is 12.1. The van der Waals surface area contributed by atoms with Gasteiger partial charge in [0.15, 0.2) is 0 Å². The number of aryl methyl sites for hydroxylation is 2. The topological polar surface area (TPSA) is 99.1 Å². The molecule has 0 saturated carbocycles. The van der Waals surface area contributed by atoms with Gasteiger partial charge in [0.25, 0.3) is 0 Å². The number of hydrogen-bond donors (Lipinski definition) is 2. The van der Waals surface area contributed by atoms with Gasteiger partial charge in [-0.25, -0.2) is 0 Å². The third-order valence-electron chi connectivity index (χ3n) is 2.80. The summed E-state index contributed by atoms with van der Waals surface area (Å²) in [5, 5.41) is 3.17. The first-order valence-corrected chi connectivity index (χ1v) is 6.47. The van der Waals surface area contributed by atoms with Crippen molar-refractivity contribution in [3.63, 3.8) is 0 Å². The van der Waals surface area contributed by atoms with E-state index in [1.54, 1.807) is 0 Å². The molecule has 2 aromatic rings. The highest BCUT2D eigenvalue weighted by Gasteiger charge is 2.14. The first-order valence-electron chi connectivity index (χ1n) is 6.47. The van der Waals surface area contributed by atoms with Crippen LogP contribution in [0.1, 0.15) is 37.0 Å². The van der Waals surface area contributed by atoms with E-state index in [0.717, 1.165) is 17.1 Å². The maximum absolute atomic E-state index is 5.64. The van der Waals surface area contributed by atoms with E-state index in [0.29, 0.717) is 12.6 Å². The molecular weight excluding hydrogens is 258 g/mol. The van der Waals surface area contributed by atoms with Crippen LogP contribution in [0.15, 0.2) is 10.5 Å². The van der Waals surface area contributed by atoms with Crippen LogP contribution in [0.5, 0.6) is 6.01 Å². The molecule has 0 bridgehead atoms. The summed E-state index contributed by atoms with van der Waals surface area (Å²) in [5.41, 5.74) is 6.69. The van der Waals surface area contributed by atoms with E-state index in [1.807, 2.05) is 33.8 Å². The molecule has 0 aliphatic rings. The molecule has 0 aliphatic carbocycles. The molecule has 2 heterocycles. The molecule has 0 fully saturated rings. The Morgan fingerprint density at radius 1 is 1.35 bits per heavy atom. The van der Waals surface area contributed by atoms with Crippen LogP contribution in [0, 0.1) is 13.8 Å². The van der Waals surface area contributed by atoms with E-state index < -0.39 is 0 Å². The lowest BCUT2D eigenvalue weighted by Gasteiger charge is -2.13. The summed E-state index contributed by atoms with van der Waals surface area (Å²) >= 11 is 0. The highest BCUT2D eigenvalue weighted by atomic mass is 16.5. The van der Waals surface area contributed by atoms with Crippen molar-refractivity contribution in [1.82, 2.24) is 15.0 Å². The molecule has 2 aromatic heterocycles. The van der Waals surface area contributed by atoms with E-state index in [-0.39, 0.29) is 18.0 Å². The number of nitrogens with two attached hydrogens (primary N) is 1. The predicted molar refractivity (Wildman–Crippen MR) is 75.6 cm³/mol. The van der Waals surface area contributed by atoms with Gasteiger partial charge in [0, 0.05) is 5.56 Å². The molecular formula is C13H19N5O2. The normalized spacial score (nSPS) is 12.2. The van der Waals surface area contributed by atoms with Crippen molar-refractivity contribution in [3.05, 3.63) is 23.2 Å². The van der Waals surface area contributed by atoms with Crippen molar-refractivity contribution in [2.24, 2.45) is 0 Å². The molecule has 1 unspecified atom stereocenters. The van der Waals surface area contributed by atoms with Crippen molar-refractivity contribution in [2.75, 3.05) is 17.7 Å².